The fraction of sp³-hybridized carbons (Fsp3) is 0.500. The summed E-state index contributed by atoms with van der Waals surface area (Å²) >= 11 is 7.90. The van der Waals surface area contributed by atoms with Gasteiger partial charge in [-0.15, -0.1) is 0 Å². The van der Waals surface area contributed by atoms with Crippen molar-refractivity contribution in [1.29, 1.82) is 0 Å². The first-order chi connectivity index (χ1) is 15.7. The molecule has 0 aliphatic rings. The van der Waals surface area contributed by atoms with E-state index in [1.807, 2.05) is 50.2 Å². The summed E-state index contributed by atoms with van der Waals surface area (Å²) in [6.45, 7) is 7.32. The van der Waals surface area contributed by atoms with Gasteiger partial charge in [0.2, 0.25) is 0 Å². The van der Waals surface area contributed by atoms with Crippen molar-refractivity contribution in [3.8, 4) is 0 Å². The van der Waals surface area contributed by atoms with Crippen molar-refractivity contribution in [3.05, 3.63) is 35.5 Å². The number of aliphatic hydroxyl groups excluding tert-OH is 1. The standard InChI is InChI=1S/C18H26ClN3O.C4H6O4S.Au.2Na/c1-3-22(11-12-23)10-4-5-14(2)21-17-8-9-20-18-13-15(19)6-7-16(17)18;5-3(6)1-2(9)4(7)8;;;/h6-9,13-14,23H,3-5,10-12H2,1-2H3,(H,20,21);2,9H,1H2,(H,5,6)(H,7,8);;;/q;;3*+1/p-3. The summed E-state index contributed by atoms with van der Waals surface area (Å²) in [7, 11) is 0.868. The van der Waals surface area contributed by atoms with Crippen LogP contribution in [-0.2, 0) is 29.3 Å². The van der Waals surface area contributed by atoms with Gasteiger partial charge in [0.25, 0.3) is 0 Å². The van der Waals surface area contributed by atoms with Crippen LogP contribution < -0.4 is 74.6 Å². The zero-order chi connectivity index (χ0) is 24.8. The van der Waals surface area contributed by atoms with Crippen LogP contribution in [0.15, 0.2) is 30.5 Å². The predicted octanol–water partition coefficient (Wildman–Crippen LogP) is -4.77. The van der Waals surface area contributed by atoms with Crippen molar-refractivity contribution in [2.75, 3.05) is 31.6 Å². The molecule has 2 N–H and O–H groups in total. The van der Waals surface area contributed by atoms with Crippen molar-refractivity contribution in [3.63, 3.8) is 0 Å². The molecule has 2 atom stereocenters. The first-order valence-corrected chi connectivity index (χ1v) is 14.3. The molecular weight excluding hydrogens is 697 g/mol. The summed E-state index contributed by atoms with van der Waals surface area (Å²) in [6.07, 6.45) is 3.49. The van der Waals surface area contributed by atoms with E-state index < -0.39 is 23.6 Å². The van der Waals surface area contributed by atoms with Gasteiger partial charge in [0.15, 0.2) is 0 Å². The molecule has 35 heavy (non-hydrogen) atoms. The number of nitrogens with zero attached hydrogens (tertiary/aromatic N) is 2. The Labute approximate surface area is 271 Å². The maximum absolute atomic E-state index is 10.0. The number of nitrogens with one attached hydrogen (secondary N) is 1. The molecule has 2 unspecified atom stereocenters. The van der Waals surface area contributed by atoms with Gasteiger partial charge in [-0.3, -0.25) is 4.98 Å². The molecule has 1 aromatic heterocycles. The zero-order valence-electron chi connectivity index (χ0n) is 20.6. The summed E-state index contributed by atoms with van der Waals surface area (Å²) in [5.41, 5.74) is 2.01. The largest absolute Gasteiger partial charge is 1.00 e. The Kier molecular flexibility index (Phi) is 23.3. The average molecular weight is 726 g/mol. The minimum atomic E-state index is -1.38. The van der Waals surface area contributed by atoms with Gasteiger partial charge in [0, 0.05) is 34.9 Å². The van der Waals surface area contributed by atoms with Crippen molar-refractivity contribution >= 4 is 49.4 Å². The van der Waals surface area contributed by atoms with Crippen molar-refractivity contribution in [1.82, 2.24) is 9.88 Å². The number of anilines is 1. The van der Waals surface area contributed by atoms with Gasteiger partial charge >= 0.3 is 131 Å². The van der Waals surface area contributed by atoms with E-state index in [1.54, 1.807) is 0 Å². The van der Waals surface area contributed by atoms with Crippen molar-refractivity contribution in [2.45, 2.75) is 44.4 Å². The smallest absolute Gasteiger partial charge is 1.00 e. The third-order valence-electron chi connectivity index (χ3n) is 4.78. The second kappa shape index (κ2) is 21.6. The first kappa shape index (κ1) is 37.8. The molecule has 0 amide bonds. The summed E-state index contributed by atoms with van der Waals surface area (Å²) < 4.78 is 0. The third-order valence-corrected chi connectivity index (χ3v) is 7.40. The molecule has 188 valence electrons. The zero-order valence-corrected chi connectivity index (χ0v) is 28.3. The summed E-state index contributed by atoms with van der Waals surface area (Å²) in [5, 5.41) is 33.3. The van der Waals surface area contributed by atoms with E-state index in [0.717, 1.165) is 58.3 Å². The number of benzene rings is 1. The van der Waals surface area contributed by atoms with Gasteiger partial charge in [-0.05, 0) is 57.1 Å². The molecule has 0 radical (unpaired) electrons. The minimum absolute atomic E-state index is 0. The number of rotatable bonds is 13. The molecule has 8 nitrogen and oxygen atoms in total. The van der Waals surface area contributed by atoms with Gasteiger partial charge in [0.1, 0.15) is 0 Å². The van der Waals surface area contributed by atoms with E-state index in [1.165, 1.54) is 0 Å². The normalized spacial score (nSPS) is 12.0. The van der Waals surface area contributed by atoms with Crippen LogP contribution in [0.5, 0.6) is 0 Å². The SMILES string of the molecule is CCN(CCO)CCCC(C)Nc1ccnc2cc(Cl)ccc12.O=C([O-])CC([S][Au])C(=O)[O-].[Na+].[Na+]. The average Bonchev–Trinajstić information content (AvgIpc) is 2.77. The molecule has 0 saturated heterocycles. The van der Waals surface area contributed by atoms with Gasteiger partial charge in [-0.1, -0.05) is 18.5 Å². The quantitative estimate of drug-likeness (QED) is 0.196. The molecule has 2 rings (SSSR count). The van der Waals surface area contributed by atoms with Gasteiger partial charge < -0.3 is 15.3 Å². The van der Waals surface area contributed by atoms with Gasteiger partial charge in [0.05, 0.1) is 12.1 Å². The van der Waals surface area contributed by atoms with Gasteiger partial charge in [-0.2, -0.15) is 0 Å². The number of carbonyl (C=O) groups is 2. The van der Waals surface area contributed by atoms with Crippen LogP contribution in [0.1, 0.15) is 33.1 Å². The number of aliphatic hydroxyl groups is 1. The molecule has 1 heterocycles. The van der Waals surface area contributed by atoms with Gasteiger partial charge in [-0.25, -0.2) is 0 Å². The van der Waals surface area contributed by atoms with E-state index in [4.69, 9.17) is 16.7 Å². The second-order valence-corrected chi connectivity index (χ2v) is 10.00. The predicted molar refractivity (Wildman–Crippen MR) is 124 cm³/mol. The van der Waals surface area contributed by atoms with Crippen LogP contribution in [0, 0.1) is 0 Å². The maximum atomic E-state index is 10.0. The molecule has 0 fully saturated rings. The van der Waals surface area contributed by atoms with Crippen LogP contribution in [0.4, 0.5) is 5.69 Å². The topological polar surface area (TPSA) is 129 Å². The molecule has 0 spiro atoms. The molecule has 0 bridgehead atoms. The molecular formula is C22H29AuClN3Na2O5S. The minimum Gasteiger partial charge on any atom is 1.00 e. The molecule has 2 aromatic rings. The second-order valence-electron chi connectivity index (χ2n) is 7.32. The third kappa shape index (κ3) is 15.6. The van der Waals surface area contributed by atoms with E-state index in [-0.39, 0.29) is 65.7 Å². The summed E-state index contributed by atoms with van der Waals surface area (Å²) in [5.74, 6) is -2.76. The molecule has 0 aliphatic carbocycles. The Morgan fingerprint density at radius 2 is 1.94 bits per heavy atom. The Morgan fingerprint density at radius 3 is 2.46 bits per heavy atom. The molecule has 0 saturated carbocycles. The van der Waals surface area contributed by atoms with E-state index in [0.29, 0.717) is 11.1 Å². The Hall–Kier alpha value is 0.670. The number of pyridine rings is 1. The number of carboxylic acids is 2. The summed E-state index contributed by atoms with van der Waals surface area (Å²) in [6, 6.07) is 8.19. The van der Waals surface area contributed by atoms with Crippen LogP contribution in [0.3, 0.4) is 0 Å². The number of likely N-dealkylation sites (N-methyl/N-ethyl adjacent to an activating group) is 1. The van der Waals surface area contributed by atoms with E-state index in [2.05, 4.69) is 29.0 Å². The number of fused-ring (bicyclic) bond motifs is 1. The monoisotopic (exact) mass is 725 g/mol. The van der Waals surface area contributed by atoms with Crippen molar-refractivity contribution in [2.24, 2.45) is 0 Å². The fourth-order valence-corrected chi connectivity index (χ4v) is 4.64. The Morgan fingerprint density at radius 1 is 1.26 bits per heavy atom. The summed E-state index contributed by atoms with van der Waals surface area (Å²) in [4.78, 5) is 26.5. The number of aliphatic carboxylic acids is 2. The Bertz CT molecular complexity index is 903. The number of carboxylic acid groups (broad SMARTS) is 2. The van der Waals surface area contributed by atoms with Crippen LogP contribution in [0.25, 0.3) is 10.9 Å². The van der Waals surface area contributed by atoms with Crippen LogP contribution in [0.2, 0.25) is 5.02 Å². The van der Waals surface area contributed by atoms with Crippen LogP contribution >= 0.6 is 20.8 Å². The van der Waals surface area contributed by atoms with E-state index >= 15 is 0 Å². The molecule has 13 heteroatoms. The fourth-order valence-electron chi connectivity index (χ4n) is 3.06. The first-order valence-electron chi connectivity index (χ1n) is 10.5. The molecule has 0 aliphatic heterocycles. The Balaban J connectivity index is 0. The molecule has 1 aromatic carbocycles. The number of aromatic nitrogens is 1. The number of carbonyl (C=O) groups excluding carboxylic acids is 2. The van der Waals surface area contributed by atoms with E-state index in [9.17, 15) is 19.8 Å². The van der Waals surface area contributed by atoms with Crippen LogP contribution in [-0.4, -0.2) is 64.5 Å². The number of halogens is 1. The van der Waals surface area contributed by atoms with Crippen molar-refractivity contribution < 1.29 is 104 Å². The number of hydrogen-bond acceptors (Lipinski definition) is 9. The number of hydrogen-bond donors (Lipinski definition) is 2. The maximum Gasteiger partial charge on any atom is 1.00 e.